The molecule has 0 heterocycles. The molecular weight excluding hydrogens is 407 g/mol. The molecule has 1 aromatic rings. The number of benzene rings is 1. The number of hydrazine groups is 1. The van der Waals surface area contributed by atoms with Gasteiger partial charge in [0.05, 0.1) is 6.54 Å². The maximum Gasteiger partial charge on any atom is 0.573 e. The highest BCUT2D eigenvalue weighted by Crippen LogP contribution is 2.24. The summed E-state index contributed by atoms with van der Waals surface area (Å²) in [5, 5.41) is 4.24. The van der Waals surface area contributed by atoms with E-state index in [0.29, 0.717) is 15.8 Å². The van der Waals surface area contributed by atoms with E-state index in [-0.39, 0.29) is 5.75 Å². The highest BCUT2D eigenvalue weighted by molar-refractivity contribution is 9.14. The summed E-state index contributed by atoms with van der Waals surface area (Å²) in [6, 6.07) is 5.49. The Hall–Kier alpha value is -0.930. The Labute approximate surface area is 131 Å². The van der Waals surface area contributed by atoms with Gasteiger partial charge in [0, 0.05) is 7.05 Å². The highest BCUT2D eigenvalue weighted by Gasteiger charge is 2.30. The van der Waals surface area contributed by atoms with Gasteiger partial charge in [-0.25, -0.2) is 5.84 Å². The van der Waals surface area contributed by atoms with Crippen LogP contribution >= 0.6 is 31.9 Å². The summed E-state index contributed by atoms with van der Waals surface area (Å²) in [5.74, 6) is 5.55. The number of hydrogen-bond acceptors (Lipinski definition) is 4. The average molecular weight is 419 g/mol. The normalized spacial score (nSPS) is 12.8. The number of hydrogen-bond donors (Lipinski definition) is 2. The molecular formula is C11H12Br2F3N3O. The molecule has 1 rings (SSSR count). The highest BCUT2D eigenvalue weighted by atomic mass is 79.9. The minimum atomic E-state index is -4.69. The lowest BCUT2D eigenvalue weighted by Crippen LogP contribution is -2.29. The van der Waals surface area contributed by atoms with E-state index >= 15 is 0 Å². The molecule has 1 aromatic carbocycles. The number of alkyl halides is 3. The fraction of sp³-hybridized carbons (Fsp3) is 0.273. The maximum atomic E-state index is 12.0. The summed E-state index contributed by atoms with van der Waals surface area (Å²) in [4.78, 5) is 0. The van der Waals surface area contributed by atoms with E-state index < -0.39 is 6.36 Å². The maximum absolute atomic E-state index is 12.0. The van der Waals surface area contributed by atoms with Crippen molar-refractivity contribution >= 4 is 31.9 Å². The van der Waals surface area contributed by atoms with Crippen LogP contribution in [-0.4, -0.2) is 18.4 Å². The molecule has 0 spiro atoms. The number of halogens is 5. The van der Waals surface area contributed by atoms with Crippen molar-refractivity contribution in [1.29, 1.82) is 0 Å². The van der Waals surface area contributed by atoms with Crippen LogP contribution in [0.4, 0.5) is 13.2 Å². The van der Waals surface area contributed by atoms with Crippen molar-refractivity contribution in [1.82, 2.24) is 10.3 Å². The summed E-state index contributed by atoms with van der Waals surface area (Å²) in [7, 11) is 1.71. The summed E-state index contributed by atoms with van der Waals surface area (Å²) in [5.41, 5.74) is 0.732. The van der Waals surface area contributed by atoms with Gasteiger partial charge in [0.25, 0.3) is 0 Å². The van der Waals surface area contributed by atoms with Gasteiger partial charge in [-0.1, -0.05) is 12.1 Å². The Kier molecular flexibility index (Phi) is 6.15. The van der Waals surface area contributed by atoms with Crippen LogP contribution in [0.2, 0.25) is 0 Å². The summed E-state index contributed by atoms with van der Waals surface area (Å²) < 4.78 is 41.0. The molecule has 20 heavy (non-hydrogen) atoms. The van der Waals surface area contributed by atoms with Gasteiger partial charge in [-0.2, -0.15) is 0 Å². The first-order valence-electron chi connectivity index (χ1n) is 5.33. The zero-order valence-electron chi connectivity index (χ0n) is 10.3. The third kappa shape index (κ3) is 5.59. The van der Waals surface area contributed by atoms with Crippen molar-refractivity contribution < 1.29 is 17.9 Å². The van der Waals surface area contributed by atoms with E-state index in [1.807, 2.05) is 0 Å². The summed E-state index contributed by atoms with van der Waals surface area (Å²) in [6.07, 6.45) is -4.69. The molecule has 0 amide bonds. The third-order valence-corrected chi connectivity index (χ3v) is 4.32. The molecule has 0 saturated heterocycles. The van der Waals surface area contributed by atoms with Crippen molar-refractivity contribution in [3.05, 3.63) is 39.0 Å². The Morgan fingerprint density at radius 3 is 2.30 bits per heavy atom. The Bertz CT molecular complexity index is 477. The molecule has 0 aliphatic heterocycles. The van der Waals surface area contributed by atoms with E-state index in [1.54, 1.807) is 7.05 Å². The molecule has 4 nitrogen and oxygen atoms in total. The van der Waals surface area contributed by atoms with E-state index in [0.717, 1.165) is 5.56 Å². The van der Waals surface area contributed by atoms with Gasteiger partial charge < -0.3 is 10.1 Å². The van der Waals surface area contributed by atoms with Crippen molar-refractivity contribution in [2.24, 2.45) is 5.84 Å². The van der Waals surface area contributed by atoms with Crippen LogP contribution in [-0.2, 0) is 6.54 Å². The van der Waals surface area contributed by atoms with Crippen molar-refractivity contribution in [2.75, 3.05) is 7.05 Å². The number of nitrogens with zero attached hydrogens (tertiary/aromatic N) is 1. The van der Waals surface area contributed by atoms with E-state index in [2.05, 4.69) is 41.9 Å². The van der Waals surface area contributed by atoms with Crippen LogP contribution in [0.15, 0.2) is 33.5 Å². The number of rotatable bonds is 5. The lowest BCUT2D eigenvalue weighted by atomic mass is 10.2. The molecule has 112 valence electrons. The zero-order valence-corrected chi connectivity index (χ0v) is 13.5. The lowest BCUT2D eigenvalue weighted by molar-refractivity contribution is -0.274. The molecule has 0 bridgehead atoms. The van der Waals surface area contributed by atoms with Gasteiger partial charge in [0.2, 0.25) is 0 Å². The number of nitrogens with two attached hydrogens (primary N) is 1. The Morgan fingerprint density at radius 2 is 1.85 bits per heavy atom. The monoisotopic (exact) mass is 417 g/mol. The second-order valence-electron chi connectivity index (χ2n) is 3.67. The van der Waals surface area contributed by atoms with Crippen LogP contribution in [0.3, 0.4) is 0 Å². The van der Waals surface area contributed by atoms with E-state index in [1.165, 1.54) is 29.3 Å². The second kappa shape index (κ2) is 7.19. The predicted molar refractivity (Wildman–Crippen MR) is 76.8 cm³/mol. The molecule has 0 aromatic heterocycles. The first-order chi connectivity index (χ1) is 9.23. The molecule has 0 unspecified atom stereocenters. The molecule has 0 aliphatic rings. The molecule has 0 saturated carbocycles. The number of ether oxygens (including phenoxy) is 1. The predicted octanol–water partition coefficient (Wildman–Crippen LogP) is 3.40. The van der Waals surface area contributed by atoms with Crippen LogP contribution in [0.1, 0.15) is 5.56 Å². The minimum Gasteiger partial charge on any atom is -0.406 e. The summed E-state index contributed by atoms with van der Waals surface area (Å²) >= 11 is 6.53. The van der Waals surface area contributed by atoms with E-state index in [9.17, 15) is 13.2 Å². The first-order valence-corrected chi connectivity index (χ1v) is 6.91. The van der Waals surface area contributed by atoms with Gasteiger partial charge in [-0.3, -0.25) is 5.01 Å². The fourth-order valence-electron chi connectivity index (χ4n) is 1.29. The van der Waals surface area contributed by atoms with Crippen LogP contribution in [0.5, 0.6) is 5.75 Å². The molecule has 0 radical (unpaired) electrons. The topological polar surface area (TPSA) is 50.5 Å². The zero-order chi connectivity index (χ0) is 15.3. The molecule has 0 atom stereocenters. The molecule has 3 N–H and O–H groups in total. The van der Waals surface area contributed by atoms with Gasteiger partial charge >= 0.3 is 6.36 Å². The largest absolute Gasteiger partial charge is 0.573 e. The summed E-state index contributed by atoms with van der Waals surface area (Å²) in [6.45, 7) is 0.309. The SMILES string of the molecule is CN/C(Br)=C(/Br)N(N)Cc1ccc(OC(F)(F)F)cc1. The second-order valence-corrected chi connectivity index (χ2v) is 5.22. The first kappa shape index (κ1) is 17.1. The van der Waals surface area contributed by atoms with Gasteiger partial charge in [0.15, 0.2) is 0 Å². The van der Waals surface area contributed by atoms with Gasteiger partial charge in [-0.05, 0) is 49.6 Å². The lowest BCUT2D eigenvalue weighted by Gasteiger charge is -2.19. The molecule has 9 heteroatoms. The quantitative estimate of drug-likeness (QED) is 0.437. The molecule has 0 fully saturated rings. The smallest absolute Gasteiger partial charge is 0.406 e. The van der Waals surface area contributed by atoms with Crippen LogP contribution < -0.4 is 15.9 Å². The van der Waals surface area contributed by atoms with Crippen molar-refractivity contribution in [2.45, 2.75) is 12.9 Å². The number of nitrogens with one attached hydrogen (secondary N) is 1. The Balaban J connectivity index is 2.71. The fourth-order valence-corrected chi connectivity index (χ4v) is 1.84. The standard InChI is InChI=1S/C11H12Br2F3N3O/c1-18-9(12)10(13)19(17)6-7-2-4-8(5-3-7)20-11(14,15)16/h2-5,18H,6,17H2,1H3/b10-9-. The van der Waals surface area contributed by atoms with Crippen molar-refractivity contribution in [3.63, 3.8) is 0 Å². The van der Waals surface area contributed by atoms with Gasteiger partial charge in [0.1, 0.15) is 15.0 Å². The Morgan fingerprint density at radius 1 is 1.30 bits per heavy atom. The van der Waals surface area contributed by atoms with Gasteiger partial charge in [-0.15, -0.1) is 13.2 Å². The molecule has 0 aliphatic carbocycles. The average Bonchev–Trinajstić information content (AvgIpc) is 2.37. The van der Waals surface area contributed by atoms with Crippen LogP contribution in [0, 0.1) is 0 Å². The van der Waals surface area contributed by atoms with Crippen LogP contribution in [0.25, 0.3) is 0 Å². The van der Waals surface area contributed by atoms with Crippen molar-refractivity contribution in [3.8, 4) is 5.75 Å². The minimum absolute atomic E-state index is 0.268. The van der Waals surface area contributed by atoms with E-state index in [4.69, 9.17) is 5.84 Å². The third-order valence-electron chi connectivity index (χ3n) is 2.16.